The molecule has 1 aliphatic heterocycles. The molecule has 0 radical (unpaired) electrons. The maximum atomic E-state index is 5.69. The molecule has 0 saturated carbocycles. The highest BCUT2D eigenvalue weighted by atomic mass is 32.1. The van der Waals surface area contributed by atoms with E-state index in [1.54, 1.807) is 11.3 Å². The van der Waals surface area contributed by atoms with Gasteiger partial charge in [-0.2, -0.15) is 0 Å². The van der Waals surface area contributed by atoms with Crippen LogP contribution in [0.15, 0.2) is 0 Å². The molecular formula is C10H17N3S. The molecule has 0 spiro atoms. The first-order valence-corrected chi connectivity index (χ1v) is 6.07. The van der Waals surface area contributed by atoms with Crippen LogP contribution in [0.25, 0.3) is 0 Å². The molecule has 0 amide bonds. The lowest BCUT2D eigenvalue weighted by Crippen LogP contribution is -2.30. The highest BCUT2D eigenvalue weighted by molar-refractivity contribution is 7.15. The Morgan fingerprint density at radius 3 is 3.21 bits per heavy atom. The van der Waals surface area contributed by atoms with Gasteiger partial charge in [0.25, 0.3) is 0 Å². The van der Waals surface area contributed by atoms with Crippen LogP contribution >= 0.6 is 11.3 Å². The Kier molecular flexibility index (Phi) is 3.03. The van der Waals surface area contributed by atoms with Gasteiger partial charge in [0.15, 0.2) is 5.13 Å². The number of hydrogen-bond acceptors (Lipinski definition) is 4. The number of rotatable bonds is 3. The molecule has 2 N–H and O–H groups in total. The molecule has 1 aliphatic rings. The summed E-state index contributed by atoms with van der Waals surface area (Å²) >= 11 is 1.65. The Labute approximate surface area is 88.9 Å². The number of aromatic nitrogens is 1. The number of unbranched alkanes of at least 4 members (excludes halogenated alkanes) is 1. The van der Waals surface area contributed by atoms with E-state index < -0.39 is 0 Å². The summed E-state index contributed by atoms with van der Waals surface area (Å²) < 4.78 is 0. The summed E-state index contributed by atoms with van der Waals surface area (Å²) in [6.45, 7) is 5.66. The van der Waals surface area contributed by atoms with E-state index in [4.69, 9.17) is 5.73 Å². The molecule has 78 valence electrons. The summed E-state index contributed by atoms with van der Waals surface area (Å²) in [7, 11) is 0. The second kappa shape index (κ2) is 4.28. The van der Waals surface area contributed by atoms with E-state index in [2.05, 4.69) is 16.8 Å². The Bertz CT molecular complexity index is 308. The molecule has 0 aliphatic carbocycles. The van der Waals surface area contributed by atoms with Gasteiger partial charge in [-0.15, -0.1) is 11.3 Å². The molecule has 2 rings (SSSR count). The van der Waals surface area contributed by atoms with Gasteiger partial charge in [0.05, 0.1) is 5.69 Å². The molecule has 0 saturated heterocycles. The van der Waals surface area contributed by atoms with Crippen LogP contribution in [0.2, 0.25) is 0 Å². The van der Waals surface area contributed by atoms with Crippen LogP contribution in [-0.2, 0) is 13.0 Å². The average Bonchev–Trinajstić information content (AvgIpc) is 2.54. The fourth-order valence-electron chi connectivity index (χ4n) is 1.84. The van der Waals surface area contributed by atoms with Crippen molar-refractivity contribution in [1.29, 1.82) is 0 Å². The average molecular weight is 211 g/mol. The van der Waals surface area contributed by atoms with Crippen molar-refractivity contribution in [2.75, 3.05) is 18.8 Å². The number of fused-ring (bicyclic) bond motifs is 1. The van der Waals surface area contributed by atoms with Crippen LogP contribution in [0.4, 0.5) is 5.13 Å². The molecule has 3 nitrogen and oxygen atoms in total. The lowest BCUT2D eigenvalue weighted by molar-refractivity contribution is 0.252. The number of anilines is 1. The van der Waals surface area contributed by atoms with Gasteiger partial charge in [-0.05, 0) is 13.0 Å². The minimum Gasteiger partial charge on any atom is -0.375 e. The summed E-state index contributed by atoms with van der Waals surface area (Å²) in [5, 5.41) is 0.729. The second-order valence-corrected chi connectivity index (χ2v) is 4.92. The molecule has 1 aromatic rings. The van der Waals surface area contributed by atoms with Crippen LogP contribution in [0.1, 0.15) is 30.3 Å². The number of nitrogens with two attached hydrogens (primary N) is 1. The summed E-state index contributed by atoms with van der Waals surface area (Å²) in [5.74, 6) is 0. The maximum absolute atomic E-state index is 5.69. The van der Waals surface area contributed by atoms with E-state index in [-0.39, 0.29) is 0 Å². The first kappa shape index (κ1) is 9.93. The van der Waals surface area contributed by atoms with Crippen molar-refractivity contribution in [2.24, 2.45) is 0 Å². The van der Waals surface area contributed by atoms with Crippen molar-refractivity contribution in [3.8, 4) is 0 Å². The standard InChI is InChI=1S/C10H17N3S/c1-2-3-5-13-6-4-8-9(7-13)14-10(11)12-8/h2-7H2,1H3,(H2,11,12). The van der Waals surface area contributed by atoms with E-state index in [9.17, 15) is 0 Å². The summed E-state index contributed by atoms with van der Waals surface area (Å²) in [5.41, 5.74) is 6.93. The van der Waals surface area contributed by atoms with E-state index in [0.29, 0.717) is 0 Å². The van der Waals surface area contributed by atoms with Gasteiger partial charge in [-0.1, -0.05) is 13.3 Å². The monoisotopic (exact) mass is 211 g/mol. The Morgan fingerprint density at radius 1 is 1.57 bits per heavy atom. The molecule has 0 unspecified atom stereocenters. The van der Waals surface area contributed by atoms with Crippen molar-refractivity contribution in [2.45, 2.75) is 32.7 Å². The molecule has 0 fully saturated rings. The SMILES string of the molecule is CCCCN1CCc2nc(N)sc2C1. The third-order valence-corrected chi connectivity index (χ3v) is 3.57. The molecule has 1 aromatic heterocycles. The third-order valence-electron chi connectivity index (χ3n) is 2.65. The number of nitrogens with zero attached hydrogens (tertiary/aromatic N) is 2. The summed E-state index contributed by atoms with van der Waals surface area (Å²) in [6.07, 6.45) is 3.64. The first-order chi connectivity index (χ1) is 6.79. The van der Waals surface area contributed by atoms with Crippen molar-refractivity contribution in [3.05, 3.63) is 10.6 Å². The quantitative estimate of drug-likeness (QED) is 0.830. The zero-order chi connectivity index (χ0) is 9.97. The van der Waals surface area contributed by atoms with Gasteiger partial charge in [0, 0.05) is 24.4 Å². The van der Waals surface area contributed by atoms with Crippen LogP contribution in [0.3, 0.4) is 0 Å². The van der Waals surface area contributed by atoms with Crippen molar-refractivity contribution >= 4 is 16.5 Å². The van der Waals surface area contributed by atoms with Crippen LogP contribution in [0.5, 0.6) is 0 Å². The smallest absolute Gasteiger partial charge is 0.180 e. The van der Waals surface area contributed by atoms with Crippen molar-refractivity contribution in [1.82, 2.24) is 9.88 Å². The fraction of sp³-hybridized carbons (Fsp3) is 0.700. The zero-order valence-corrected chi connectivity index (χ0v) is 9.44. The maximum Gasteiger partial charge on any atom is 0.180 e. The molecule has 0 bridgehead atoms. The van der Waals surface area contributed by atoms with E-state index >= 15 is 0 Å². The normalized spacial score (nSPS) is 16.9. The Balaban J connectivity index is 1.98. The topological polar surface area (TPSA) is 42.2 Å². The molecule has 14 heavy (non-hydrogen) atoms. The molecule has 4 heteroatoms. The van der Waals surface area contributed by atoms with Crippen molar-refractivity contribution in [3.63, 3.8) is 0 Å². The highest BCUT2D eigenvalue weighted by Gasteiger charge is 2.19. The van der Waals surface area contributed by atoms with Crippen LogP contribution in [-0.4, -0.2) is 23.0 Å². The van der Waals surface area contributed by atoms with Gasteiger partial charge in [0.1, 0.15) is 0 Å². The zero-order valence-electron chi connectivity index (χ0n) is 8.62. The second-order valence-electron chi connectivity index (χ2n) is 3.80. The van der Waals surface area contributed by atoms with E-state index in [0.717, 1.165) is 24.6 Å². The summed E-state index contributed by atoms with van der Waals surface area (Å²) in [6, 6.07) is 0. The van der Waals surface area contributed by atoms with Crippen LogP contribution < -0.4 is 5.73 Å². The lowest BCUT2D eigenvalue weighted by atomic mass is 10.1. The minimum atomic E-state index is 0.729. The van der Waals surface area contributed by atoms with E-state index in [1.165, 1.54) is 30.0 Å². The van der Waals surface area contributed by atoms with Crippen molar-refractivity contribution < 1.29 is 0 Å². The van der Waals surface area contributed by atoms with Gasteiger partial charge in [-0.3, -0.25) is 4.90 Å². The Morgan fingerprint density at radius 2 is 2.43 bits per heavy atom. The van der Waals surface area contributed by atoms with E-state index in [1.807, 2.05) is 0 Å². The predicted octanol–water partition coefficient (Wildman–Crippen LogP) is 1.88. The number of nitrogen functional groups attached to an aromatic ring is 1. The fourth-order valence-corrected chi connectivity index (χ4v) is 2.76. The lowest BCUT2D eigenvalue weighted by Gasteiger charge is -2.25. The van der Waals surface area contributed by atoms with Crippen LogP contribution in [0, 0.1) is 0 Å². The Hall–Kier alpha value is -0.610. The predicted molar refractivity (Wildman–Crippen MR) is 60.4 cm³/mol. The van der Waals surface area contributed by atoms with Gasteiger partial charge in [-0.25, -0.2) is 4.98 Å². The third kappa shape index (κ3) is 2.07. The molecular weight excluding hydrogens is 194 g/mol. The van der Waals surface area contributed by atoms with Gasteiger partial charge >= 0.3 is 0 Å². The molecule has 0 atom stereocenters. The first-order valence-electron chi connectivity index (χ1n) is 5.26. The number of thiazole rings is 1. The highest BCUT2D eigenvalue weighted by Crippen LogP contribution is 2.26. The molecule has 0 aromatic carbocycles. The summed E-state index contributed by atoms with van der Waals surface area (Å²) in [4.78, 5) is 8.22. The molecule has 2 heterocycles. The van der Waals surface area contributed by atoms with Gasteiger partial charge in [0.2, 0.25) is 0 Å². The van der Waals surface area contributed by atoms with Gasteiger partial charge < -0.3 is 5.73 Å². The number of hydrogen-bond donors (Lipinski definition) is 1. The largest absolute Gasteiger partial charge is 0.375 e. The minimum absolute atomic E-state index is 0.729.